The van der Waals surface area contributed by atoms with Crippen molar-refractivity contribution in [1.29, 1.82) is 5.41 Å². The topological polar surface area (TPSA) is 47.9 Å². The lowest BCUT2D eigenvalue weighted by atomic mass is 9.80. The van der Waals surface area contributed by atoms with E-state index in [4.69, 9.17) is 5.41 Å². The summed E-state index contributed by atoms with van der Waals surface area (Å²) in [5.74, 6) is -0.259. The highest BCUT2D eigenvalue weighted by atomic mass is 19.1. The number of benzene rings is 2. The molecule has 0 radical (unpaired) electrons. The summed E-state index contributed by atoms with van der Waals surface area (Å²) < 4.78 is 13.0. The molecule has 0 unspecified atom stereocenters. The zero-order valence-electron chi connectivity index (χ0n) is 15.5. The van der Waals surface area contributed by atoms with E-state index in [9.17, 15) is 4.39 Å². The van der Waals surface area contributed by atoms with Gasteiger partial charge >= 0.3 is 0 Å². The number of hydrogen-bond donors (Lipinski definition) is 3. The van der Waals surface area contributed by atoms with Gasteiger partial charge in [0.25, 0.3) is 0 Å². The van der Waals surface area contributed by atoms with Crippen molar-refractivity contribution < 1.29 is 4.39 Å². The quantitative estimate of drug-likeness (QED) is 0.576. The molecule has 0 spiro atoms. The van der Waals surface area contributed by atoms with Crippen LogP contribution < -0.4 is 10.6 Å². The standard InChI is InChI=1S/C21H28FN3/c1-15(2)24-12-11-21(3,4)17-5-10-20(16(13-17)14-23)25-19-8-6-18(22)7-9-19/h5-10,13-15,23-25H,11-12H2,1-4H3. The first-order valence-electron chi connectivity index (χ1n) is 8.73. The molecule has 3 nitrogen and oxygen atoms in total. The third-order valence-corrected chi connectivity index (χ3v) is 4.41. The van der Waals surface area contributed by atoms with E-state index in [0.29, 0.717) is 6.04 Å². The molecule has 0 aliphatic heterocycles. The van der Waals surface area contributed by atoms with Gasteiger partial charge in [-0.3, -0.25) is 0 Å². The highest BCUT2D eigenvalue weighted by molar-refractivity contribution is 5.87. The second-order valence-electron chi connectivity index (χ2n) is 7.32. The van der Waals surface area contributed by atoms with Gasteiger partial charge in [0, 0.05) is 29.2 Å². The molecule has 134 valence electrons. The number of hydrogen-bond acceptors (Lipinski definition) is 3. The predicted octanol–water partition coefficient (Wildman–Crippen LogP) is 5.23. The zero-order valence-corrected chi connectivity index (χ0v) is 15.5. The fraction of sp³-hybridized carbons (Fsp3) is 0.381. The Morgan fingerprint density at radius 1 is 1.12 bits per heavy atom. The number of halogens is 1. The average molecular weight is 341 g/mol. The molecule has 0 heterocycles. The highest BCUT2D eigenvalue weighted by Gasteiger charge is 2.21. The summed E-state index contributed by atoms with van der Waals surface area (Å²) >= 11 is 0. The Bertz CT molecular complexity index is 706. The van der Waals surface area contributed by atoms with Crippen LogP contribution in [0.25, 0.3) is 0 Å². The molecule has 25 heavy (non-hydrogen) atoms. The zero-order chi connectivity index (χ0) is 18.4. The lowest BCUT2D eigenvalue weighted by molar-refractivity contribution is 0.441. The van der Waals surface area contributed by atoms with Crippen molar-refractivity contribution in [2.24, 2.45) is 0 Å². The third kappa shape index (κ3) is 5.40. The Hall–Kier alpha value is -2.20. The Morgan fingerprint density at radius 3 is 2.40 bits per heavy atom. The van der Waals surface area contributed by atoms with E-state index < -0.39 is 0 Å². The van der Waals surface area contributed by atoms with E-state index in [1.807, 2.05) is 6.07 Å². The highest BCUT2D eigenvalue weighted by Crippen LogP contribution is 2.30. The van der Waals surface area contributed by atoms with E-state index in [1.54, 1.807) is 12.1 Å². The Balaban J connectivity index is 2.17. The molecular weight excluding hydrogens is 313 g/mol. The SMILES string of the molecule is CC(C)NCCC(C)(C)c1ccc(Nc2ccc(F)cc2)c(C=N)c1. The minimum atomic E-state index is -0.259. The van der Waals surface area contributed by atoms with Crippen LogP contribution in [-0.4, -0.2) is 18.8 Å². The van der Waals surface area contributed by atoms with Crippen molar-refractivity contribution in [1.82, 2.24) is 5.32 Å². The van der Waals surface area contributed by atoms with Crippen LogP contribution >= 0.6 is 0 Å². The Kier molecular flexibility index (Phi) is 6.32. The molecule has 2 aromatic carbocycles. The summed E-state index contributed by atoms with van der Waals surface area (Å²) in [7, 11) is 0. The lowest BCUT2D eigenvalue weighted by Gasteiger charge is -2.27. The fourth-order valence-corrected chi connectivity index (χ4v) is 2.72. The minimum Gasteiger partial charge on any atom is -0.355 e. The van der Waals surface area contributed by atoms with E-state index in [2.05, 4.69) is 50.5 Å². The van der Waals surface area contributed by atoms with Crippen molar-refractivity contribution in [2.75, 3.05) is 11.9 Å². The monoisotopic (exact) mass is 341 g/mol. The van der Waals surface area contributed by atoms with Gasteiger partial charge in [0.1, 0.15) is 5.82 Å². The molecule has 0 amide bonds. The van der Waals surface area contributed by atoms with Gasteiger partial charge in [-0.1, -0.05) is 33.8 Å². The van der Waals surface area contributed by atoms with Crippen molar-refractivity contribution in [3.8, 4) is 0 Å². The summed E-state index contributed by atoms with van der Waals surface area (Å²) in [6.07, 6.45) is 2.38. The van der Waals surface area contributed by atoms with Crippen molar-refractivity contribution in [3.05, 3.63) is 59.4 Å². The number of anilines is 2. The van der Waals surface area contributed by atoms with Crippen molar-refractivity contribution in [3.63, 3.8) is 0 Å². The second-order valence-corrected chi connectivity index (χ2v) is 7.32. The van der Waals surface area contributed by atoms with Gasteiger partial charge in [0.2, 0.25) is 0 Å². The van der Waals surface area contributed by atoms with Crippen LogP contribution in [0.3, 0.4) is 0 Å². The molecule has 0 aliphatic carbocycles. The van der Waals surface area contributed by atoms with Crippen LogP contribution in [-0.2, 0) is 5.41 Å². The fourth-order valence-electron chi connectivity index (χ4n) is 2.72. The molecule has 0 atom stereocenters. The van der Waals surface area contributed by atoms with E-state index in [0.717, 1.165) is 29.9 Å². The first-order valence-corrected chi connectivity index (χ1v) is 8.73. The van der Waals surface area contributed by atoms with Gasteiger partial charge in [0.05, 0.1) is 0 Å². The molecule has 3 N–H and O–H groups in total. The van der Waals surface area contributed by atoms with Gasteiger partial charge in [-0.2, -0.15) is 0 Å². The first kappa shape index (κ1) is 19.1. The van der Waals surface area contributed by atoms with E-state index in [1.165, 1.54) is 23.9 Å². The van der Waals surface area contributed by atoms with Gasteiger partial charge in [0.15, 0.2) is 0 Å². The summed E-state index contributed by atoms with van der Waals surface area (Å²) in [4.78, 5) is 0. The van der Waals surface area contributed by atoms with Crippen LogP contribution in [0.4, 0.5) is 15.8 Å². The molecule has 0 aliphatic rings. The molecule has 0 saturated heterocycles. The molecule has 0 saturated carbocycles. The molecule has 2 rings (SSSR count). The molecule has 0 fully saturated rings. The summed E-state index contributed by atoms with van der Waals surface area (Å²) in [6.45, 7) is 9.71. The minimum absolute atomic E-state index is 0.0219. The van der Waals surface area contributed by atoms with Crippen LogP contribution in [0.15, 0.2) is 42.5 Å². The van der Waals surface area contributed by atoms with E-state index in [-0.39, 0.29) is 11.2 Å². The largest absolute Gasteiger partial charge is 0.355 e. The Labute approximate surface area is 150 Å². The molecular formula is C21H28FN3. The third-order valence-electron chi connectivity index (χ3n) is 4.41. The smallest absolute Gasteiger partial charge is 0.123 e. The van der Waals surface area contributed by atoms with Crippen LogP contribution in [0, 0.1) is 11.2 Å². The molecule has 0 bridgehead atoms. The van der Waals surface area contributed by atoms with Crippen molar-refractivity contribution in [2.45, 2.75) is 45.6 Å². The normalized spacial score (nSPS) is 11.6. The first-order chi connectivity index (χ1) is 11.8. The lowest BCUT2D eigenvalue weighted by Crippen LogP contribution is -2.29. The van der Waals surface area contributed by atoms with Crippen LogP contribution in [0.5, 0.6) is 0 Å². The second kappa shape index (κ2) is 8.26. The number of rotatable bonds is 8. The van der Waals surface area contributed by atoms with Crippen molar-refractivity contribution >= 4 is 17.6 Å². The maximum Gasteiger partial charge on any atom is 0.123 e. The maximum absolute atomic E-state index is 13.0. The molecule has 4 heteroatoms. The predicted molar refractivity (Wildman–Crippen MR) is 105 cm³/mol. The summed E-state index contributed by atoms with van der Waals surface area (Å²) in [6, 6.07) is 12.9. The maximum atomic E-state index is 13.0. The van der Waals surface area contributed by atoms with Gasteiger partial charge in [-0.05, 0) is 60.3 Å². The average Bonchev–Trinajstić information content (AvgIpc) is 2.56. The number of nitrogens with one attached hydrogen (secondary N) is 3. The van der Waals surface area contributed by atoms with Crippen LogP contribution in [0.2, 0.25) is 0 Å². The van der Waals surface area contributed by atoms with Gasteiger partial charge in [-0.15, -0.1) is 0 Å². The summed E-state index contributed by atoms with van der Waals surface area (Å²) in [5, 5.41) is 14.5. The van der Waals surface area contributed by atoms with E-state index >= 15 is 0 Å². The Morgan fingerprint density at radius 2 is 1.80 bits per heavy atom. The van der Waals surface area contributed by atoms with Crippen LogP contribution in [0.1, 0.15) is 45.2 Å². The van der Waals surface area contributed by atoms with Gasteiger partial charge in [-0.25, -0.2) is 4.39 Å². The summed E-state index contributed by atoms with van der Waals surface area (Å²) in [5.41, 5.74) is 3.71. The molecule has 2 aromatic rings. The van der Waals surface area contributed by atoms with Gasteiger partial charge < -0.3 is 16.0 Å². The molecule has 0 aromatic heterocycles.